The average Bonchev–Trinajstić information content (AvgIpc) is 2.19. The molecule has 0 N–H and O–H groups in total. The van der Waals surface area contributed by atoms with E-state index in [9.17, 15) is 18.0 Å². The molecular formula is C10H8BrF3O2. The van der Waals surface area contributed by atoms with E-state index in [1.807, 2.05) is 0 Å². The van der Waals surface area contributed by atoms with Crippen molar-refractivity contribution >= 4 is 21.9 Å². The SMILES string of the molecule is O=C(OCCc1ccccc1Br)C(F)(F)F. The Morgan fingerprint density at radius 3 is 2.50 bits per heavy atom. The number of hydrogen-bond acceptors (Lipinski definition) is 2. The monoisotopic (exact) mass is 296 g/mol. The third-order valence-electron chi connectivity index (χ3n) is 1.79. The van der Waals surface area contributed by atoms with Crippen molar-refractivity contribution in [1.29, 1.82) is 0 Å². The summed E-state index contributed by atoms with van der Waals surface area (Å²) in [6.07, 6.45) is -4.68. The lowest BCUT2D eigenvalue weighted by Gasteiger charge is -2.07. The number of benzene rings is 1. The van der Waals surface area contributed by atoms with E-state index in [0.717, 1.165) is 10.0 Å². The molecule has 0 atom stereocenters. The number of ether oxygens (including phenoxy) is 1. The maximum Gasteiger partial charge on any atom is 0.490 e. The van der Waals surface area contributed by atoms with Crippen molar-refractivity contribution in [1.82, 2.24) is 0 Å². The Hall–Kier alpha value is -1.04. The first-order chi connectivity index (χ1) is 7.41. The molecule has 0 bridgehead atoms. The van der Waals surface area contributed by atoms with Crippen molar-refractivity contribution in [3.05, 3.63) is 34.3 Å². The summed E-state index contributed by atoms with van der Waals surface area (Å²) in [5.74, 6) is -2.15. The molecule has 0 amide bonds. The van der Waals surface area contributed by atoms with Gasteiger partial charge in [0.25, 0.3) is 0 Å². The van der Waals surface area contributed by atoms with Crippen molar-refractivity contribution in [3.8, 4) is 0 Å². The lowest BCUT2D eigenvalue weighted by Crippen LogP contribution is -2.26. The zero-order valence-corrected chi connectivity index (χ0v) is 9.64. The van der Waals surface area contributed by atoms with Crippen LogP contribution in [0.15, 0.2) is 28.7 Å². The minimum Gasteiger partial charge on any atom is -0.459 e. The minimum absolute atomic E-state index is 0.239. The number of carbonyl (C=O) groups excluding carboxylic acids is 1. The summed E-state index contributed by atoms with van der Waals surface area (Å²) >= 11 is 3.24. The summed E-state index contributed by atoms with van der Waals surface area (Å²) in [4.78, 5) is 10.4. The second kappa shape index (κ2) is 5.34. The van der Waals surface area contributed by atoms with Gasteiger partial charge < -0.3 is 4.74 Å². The first kappa shape index (κ1) is 13.0. The fourth-order valence-corrected chi connectivity index (χ4v) is 1.52. The van der Waals surface area contributed by atoms with Crippen LogP contribution in [-0.2, 0) is 16.0 Å². The zero-order chi connectivity index (χ0) is 12.2. The van der Waals surface area contributed by atoms with Crippen LogP contribution in [0.3, 0.4) is 0 Å². The van der Waals surface area contributed by atoms with Crippen LogP contribution in [0.4, 0.5) is 13.2 Å². The van der Waals surface area contributed by atoms with E-state index in [1.54, 1.807) is 24.3 Å². The lowest BCUT2D eigenvalue weighted by molar-refractivity contribution is -0.199. The van der Waals surface area contributed by atoms with Gasteiger partial charge >= 0.3 is 12.1 Å². The first-order valence-corrected chi connectivity index (χ1v) is 5.18. The molecule has 0 heterocycles. The Morgan fingerprint density at radius 2 is 1.94 bits per heavy atom. The molecule has 0 radical (unpaired) electrons. The second-order valence-electron chi connectivity index (χ2n) is 2.98. The Bertz CT molecular complexity index is 377. The van der Waals surface area contributed by atoms with Crippen LogP contribution in [0.5, 0.6) is 0 Å². The average molecular weight is 297 g/mol. The van der Waals surface area contributed by atoms with Crippen LogP contribution in [0, 0.1) is 0 Å². The minimum atomic E-state index is -4.92. The molecule has 0 aliphatic carbocycles. The van der Waals surface area contributed by atoms with Gasteiger partial charge in [0.15, 0.2) is 0 Å². The summed E-state index contributed by atoms with van der Waals surface area (Å²) in [5.41, 5.74) is 0.789. The van der Waals surface area contributed by atoms with Crippen LogP contribution in [0.25, 0.3) is 0 Å². The highest BCUT2D eigenvalue weighted by Gasteiger charge is 2.40. The van der Waals surface area contributed by atoms with Gasteiger partial charge in [-0.1, -0.05) is 34.1 Å². The van der Waals surface area contributed by atoms with Gasteiger partial charge in [0, 0.05) is 10.9 Å². The topological polar surface area (TPSA) is 26.3 Å². The molecule has 0 unspecified atom stereocenters. The summed E-state index contributed by atoms with van der Waals surface area (Å²) in [6, 6.07) is 7.05. The molecule has 0 spiro atoms. The summed E-state index contributed by atoms with van der Waals surface area (Å²) in [5, 5.41) is 0. The largest absolute Gasteiger partial charge is 0.490 e. The molecule has 0 aliphatic rings. The Balaban J connectivity index is 2.43. The molecule has 6 heteroatoms. The van der Waals surface area contributed by atoms with Crippen LogP contribution in [0.1, 0.15) is 5.56 Å². The number of hydrogen-bond donors (Lipinski definition) is 0. The Labute approximate surface area is 98.5 Å². The van der Waals surface area contributed by atoms with Gasteiger partial charge in [0.1, 0.15) is 0 Å². The number of alkyl halides is 3. The highest BCUT2D eigenvalue weighted by molar-refractivity contribution is 9.10. The molecule has 1 rings (SSSR count). The third kappa shape index (κ3) is 3.84. The van der Waals surface area contributed by atoms with E-state index < -0.39 is 12.1 Å². The van der Waals surface area contributed by atoms with Crippen molar-refractivity contribution < 1.29 is 22.7 Å². The summed E-state index contributed by atoms with van der Waals surface area (Å²) < 4.78 is 40.2. The summed E-state index contributed by atoms with van der Waals surface area (Å²) in [7, 11) is 0. The van der Waals surface area contributed by atoms with E-state index in [0.29, 0.717) is 0 Å². The van der Waals surface area contributed by atoms with Crippen LogP contribution < -0.4 is 0 Å². The molecular weight excluding hydrogens is 289 g/mol. The van der Waals surface area contributed by atoms with Gasteiger partial charge in [-0.3, -0.25) is 0 Å². The number of halogens is 4. The van der Waals surface area contributed by atoms with E-state index in [2.05, 4.69) is 20.7 Å². The van der Waals surface area contributed by atoms with Gasteiger partial charge in [0.05, 0.1) is 6.61 Å². The molecule has 0 saturated carbocycles. The smallest absolute Gasteiger partial charge is 0.459 e. The highest BCUT2D eigenvalue weighted by Crippen LogP contribution is 2.18. The fourth-order valence-electron chi connectivity index (χ4n) is 1.04. The first-order valence-electron chi connectivity index (χ1n) is 4.38. The van der Waals surface area contributed by atoms with Crippen LogP contribution >= 0.6 is 15.9 Å². The van der Waals surface area contributed by atoms with Crippen molar-refractivity contribution in [2.45, 2.75) is 12.6 Å². The molecule has 1 aromatic rings. The van der Waals surface area contributed by atoms with E-state index in [-0.39, 0.29) is 13.0 Å². The van der Waals surface area contributed by atoms with Gasteiger partial charge in [-0.15, -0.1) is 0 Å². The maximum atomic E-state index is 11.8. The normalized spacial score (nSPS) is 11.2. The molecule has 0 saturated heterocycles. The third-order valence-corrected chi connectivity index (χ3v) is 2.57. The molecule has 1 aromatic carbocycles. The van der Waals surface area contributed by atoms with E-state index in [1.165, 1.54) is 0 Å². The van der Waals surface area contributed by atoms with Gasteiger partial charge in [-0.2, -0.15) is 13.2 Å². The van der Waals surface area contributed by atoms with Gasteiger partial charge in [-0.25, -0.2) is 4.79 Å². The van der Waals surface area contributed by atoms with Gasteiger partial charge in [0.2, 0.25) is 0 Å². The van der Waals surface area contributed by atoms with Crippen LogP contribution in [-0.4, -0.2) is 18.8 Å². The maximum absolute atomic E-state index is 11.8. The molecule has 0 aliphatic heterocycles. The summed E-state index contributed by atoms with van der Waals surface area (Å²) in [6.45, 7) is -0.291. The Kier molecular flexibility index (Phi) is 4.35. The second-order valence-corrected chi connectivity index (χ2v) is 3.83. The molecule has 88 valence electrons. The van der Waals surface area contributed by atoms with E-state index in [4.69, 9.17) is 0 Å². The Morgan fingerprint density at radius 1 is 1.31 bits per heavy atom. The van der Waals surface area contributed by atoms with Crippen molar-refractivity contribution in [3.63, 3.8) is 0 Å². The molecule has 16 heavy (non-hydrogen) atoms. The van der Waals surface area contributed by atoms with Gasteiger partial charge in [-0.05, 0) is 11.6 Å². The van der Waals surface area contributed by atoms with E-state index >= 15 is 0 Å². The predicted octanol–water partition coefficient (Wildman–Crippen LogP) is 3.10. The highest BCUT2D eigenvalue weighted by atomic mass is 79.9. The predicted molar refractivity (Wildman–Crippen MR) is 54.9 cm³/mol. The lowest BCUT2D eigenvalue weighted by atomic mass is 10.2. The zero-order valence-electron chi connectivity index (χ0n) is 8.05. The molecule has 0 fully saturated rings. The quantitative estimate of drug-likeness (QED) is 0.801. The van der Waals surface area contributed by atoms with Crippen molar-refractivity contribution in [2.75, 3.05) is 6.61 Å². The molecule has 2 nitrogen and oxygen atoms in total. The fraction of sp³-hybridized carbons (Fsp3) is 0.300. The van der Waals surface area contributed by atoms with Crippen molar-refractivity contribution in [2.24, 2.45) is 0 Å². The van der Waals surface area contributed by atoms with Crippen LogP contribution in [0.2, 0.25) is 0 Å². The standard InChI is InChI=1S/C10H8BrF3O2/c11-8-4-2-1-3-7(8)5-6-16-9(15)10(12,13)14/h1-4H,5-6H2. The number of carbonyl (C=O) groups is 1. The number of rotatable bonds is 3. The molecule has 0 aromatic heterocycles. The number of esters is 1.